The van der Waals surface area contributed by atoms with Gasteiger partial charge in [-0.1, -0.05) is 0 Å². The van der Waals surface area contributed by atoms with E-state index in [2.05, 4.69) is 4.74 Å². The van der Waals surface area contributed by atoms with E-state index in [1.807, 2.05) is 0 Å². The van der Waals surface area contributed by atoms with E-state index >= 15 is 0 Å². The number of hydrogen-bond acceptors (Lipinski definition) is 4. The highest BCUT2D eigenvalue weighted by atomic mass is 32.2. The van der Waals surface area contributed by atoms with Crippen molar-refractivity contribution in [3.8, 4) is 0 Å². The third kappa shape index (κ3) is 3.67. The van der Waals surface area contributed by atoms with Crippen molar-refractivity contribution < 1.29 is 36.2 Å². The SMILES string of the molecule is O=C(O)C1CC2CCC1N2S(=O)(=O)CCOCC(F)(F)F. The molecule has 21 heavy (non-hydrogen) atoms. The summed E-state index contributed by atoms with van der Waals surface area (Å²) in [5.74, 6) is -2.33. The summed E-state index contributed by atoms with van der Waals surface area (Å²) in [5.41, 5.74) is 0. The lowest BCUT2D eigenvalue weighted by molar-refractivity contribution is -0.172. The molecule has 3 atom stereocenters. The van der Waals surface area contributed by atoms with Gasteiger partial charge in [0.05, 0.1) is 18.3 Å². The number of alkyl halides is 3. The molecule has 122 valence electrons. The molecule has 2 bridgehead atoms. The summed E-state index contributed by atoms with van der Waals surface area (Å²) in [4.78, 5) is 11.1. The number of fused-ring (bicyclic) bond motifs is 2. The molecule has 0 aromatic rings. The zero-order chi connectivity index (χ0) is 15.8. The minimum atomic E-state index is -4.50. The minimum absolute atomic E-state index is 0.267. The average Bonchev–Trinajstić information content (AvgIpc) is 2.91. The minimum Gasteiger partial charge on any atom is -0.481 e. The third-order valence-electron chi connectivity index (χ3n) is 3.86. The molecule has 0 saturated carbocycles. The molecule has 0 spiro atoms. The van der Waals surface area contributed by atoms with E-state index in [0.717, 1.165) is 0 Å². The van der Waals surface area contributed by atoms with Gasteiger partial charge < -0.3 is 9.84 Å². The molecule has 0 amide bonds. The van der Waals surface area contributed by atoms with Crippen molar-refractivity contribution in [2.24, 2.45) is 5.92 Å². The second kappa shape index (κ2) is 5.73. The van der Waals surface area contributed by atoms with Crippen LogP contribution in [0.3, 0.4) is 0 Å². The van der Waals surface area contributed by atoms with Crippen LogP contribution in [0.2, 0.25) is 0 Å². The summed E-state index contributed by atoms with van der Waals surface area (Å²) in [5, 5.41) is 9.05. The highest BCUT2D eigenvalue weighted by molar-refractivity contribution is 7.89. The first-order valence-electron chi connectivity index (χ1n) is 6.50. The molecule has 2 aliphatic heterocycles. The molecule has 1 N–H and O–H groups in total. The topological polar surface area (TPSA) is 83.9 Å². The van der Waals surface area contributed by atoms with Crippen molar-refractivity contribution in [2.75, 3.05) is 19.0 Å². The highest BCUT2D eigenvalue weighted by Gasteiger charge is 2.53. The van der Waals surface area contributed by atoms with E-state index in [4.69, 9.17) is 5.11 Å². The Balaban J connectivity index is 1.93. The first-order valence-corrected chi connectivity index (χ1v) is 8.11. The maximum Gasteiger partial charge on any atom is 0.411 e. The van der Waals surface area contributed by atoms with Crippen LogP contribution in [0.1, 0.15) is 19.3 Å². The fourth-order valence-electron chi connectivity index (χ4n) is 3.10. The summed E-state index contributed by atoms with van der Waals surface area (Å²) in [6.07, 6.45) is -3.16. The van der Waals surface area contributed by atoms with Crippen LogP contribution in [0.15, 0.2) is 0 Å². The quantitative estimate of drug-likeness (QED) is 0.729. The Morgan fingerprint density at radius 1 is 1.33 bits per heavy atom. The van der Waals surface area contributed by atoms with Crippen LogP contribution in [0.5, 0.6) is 0 Å². The van der Waals surface area contributed by atoms with Gasteiger partial charge in [0, 0.05) is 12.1 Å². The van der Waals surface area contributed by atoms with Crippen molar-refractivity contribution in [3.63, 3.8) is 0 Å². The van der Waals surface area contributed by atoms with Gasteiger partial charge in [-0.2, -0.15) is 17.5 Å². The maximum atomic E-state index is 12.2. The number of ether oxygens (including phenoxy) is 1. The number of carboxylic acid groups (broad SMARTS) is 1. The molecule has 0 radical (unpaired) electrons. The van der Waals surface area contributed by atoms with Crippen molar-refractivity contribution in [2.45, 2.75) is 37.5 Å². The van der Waals surface area contributed by atoms with Crippen molar-refractivity contribution in [3.05, 3.63) is 0 Å². The summed E-state index contributed by atoms with van der Waals surface area (Å²) < 4.78 is 65.5. The second-order valence-corrected chi connectivity index (χ2v) is 7.29. The molecular weight excluding hydrogens is 315 g/mol. The van der Waals surface area contributed by atoms with E-state index in [-0.39, 0.29) is 12.5 Å². The summed E-state index contributed by atoms with van der Waals surface area (Å²) in [6, 6.07) is -0.941. The summed E-state index contributed by atoms with van der Waals surface area (Å²) in [6.45, 7) is -2.05. The van der Waals surface area contributed by atoms with Crippen LogP contribution < -0.4 is 0 Å². The van der Waals surface area contributed by atoms with Crippen molar-refractivity contribution in [1.82, 2.24) is 4.31 Å². The van der Waals surface area contributed by atoms with Crippen LogP contribution >= 0.6 is 0 Å². The Labute approximate surface area is 119 Å². The van der Waals surface area contributed by atoms with Gasteiger partial charge in [0.2, 0.25) is 10.0 Å². The van der Waals surface area contributed by atoms with Gasteiger partial charge >= 0.3 is 12.1 Å². The first-order chi connectivity index (χ1) is 9.62. The lowest BCUT2D eigenvalue weighted by atomic mass is 9.89. The molecule has 2 rings (SSSR count). The van der Waals surface area contributed by atoms with Crippen molar-refractivity contribution >= 4 is 16.0 Å². The molecule has 0 aromatic carbocycles. The van der Waals surface area contributed by atoms with Gasteiger partial charge in [0.25, 0.3) is 0 Å². The normalized spacial score (nSPS) is 30.0. The molecule has 2 heterocycles. The largest absolute Gasteiger partial charge is 0.481 e. The van der Waals surface area contributed by atoms with Gasteiger partial charge in [-0.15, -0.1) is 0 Å². The molecule has 0 aliphatic carbocycles. The highest BCUT2D eigenvalue weighted by Crippen LogP contribution is 2.43. The van der Waals surface area contributed by atoms with E-state index in [1.54, 1.807) is 0 Å². The molecule has 2 aliphatic rings. The molecule has 2 fully saturated rings. The number of nitrogens with zero attached hydrogens (tertiary/aromatic N) is 1. The predicted molar refractivity (Wildman–Crippen MR) is 65.1 cm³/mol. The third-order valence-corrected chi connectivity index (χ3v) is 5.76. The van der Waals surface area contributed by atoms with Crippen molar-refractivity contribution in [1.29, 1.82) is 0 Å². The molecule has 3 unspecified atom stereocenters. The number of hydrogen-bond donors (Lipinski definition) is 1. The van der Waals surface area contributed by atoms with E-state index in [0.29, 0.717) is 12.8 Å². The zero-order valence-electron chi connectivity index (χ0n) is 11.0. The number of carbonyl (C=O) groups is 1. The van der Waals surface area contributed by atoms with E-state index in [9.17, 15) is 26.4 Å². The number of carboxylic acids is 1. The van der Waals surface area contributed by atoms with Gasteiger partial charge in [-0.05, 0) is 19.3 Å². The fraction of sp³-hybridized carbons (Fsp3) is 0.909. The number of rotatable bonds is 6. The average molecular weight is 331 g/mol. The number of halogens is 3. The smallest absolute Gasteiger partial charge is 0.411 e. The van der Waals surface area contributed by atoms with Gasteiger partial charge in [-0.25, -0.2) is 8.42 Å². The van der Waals surface area contributed by atoms with Gasteiger partial charge in [-0.3, -0.25) is 4.79 Å². The van der Waals surface area contributed by atoms with Crippen LogP contribution in [-0.4, -0.2) is 61.0 Å². The molecule has 10 heteroatoms. The Morgan fingerprint density at radius 3 is 2.52 bits per heavy atom. The van der Waals surface area contributed by atoms with Gasteiger partial charge in [0.1, 0.15) is 6.61 Å². The number of sulfonamides is 1. The zero-order valence-corrected chi connectivity index (χ0v) is 11.9. The Hall–Kier alpha value is -0.870. The Morgan fingerprint density at radius 2 is 2.00 bits per heavy atom. The summed E-state index contributed by atoms with van der Waals surface area (Å²) >= 11 is 0. The Bertz CT molecular complexity index is 506. The lowest BCUT2D eigenvalue weighted by Crippen LogP contribution is -2.40. The molecule has 6 nitrogen and oxygen atoms in total. The first kappa shape index (κ1) is 16.5. The monoisotopic (exact) mass is 331 g/mol. The second-order valence-electron chi connectivity index (χ2n) is 5.29. The van der Waals surface area contributed by atoms with Crippen LogP contribution in [-0.2, 0) is 19.6 Å². The number of aliphatic carboxylic acids is 1. The van der Waals surface area contributed by atoms with Crippen LogP contribution in [0.4, 0.5) is 13.2 Å². The molecule has 0 aromatic heterocycles. The molecule has 2 saturated heterocycles. The lowest BCUT2D eigenvalue weighted by Gasteiger charge is -2.22. The van der Waals surface area contributed by atoms with Crippen LogP contribution in [0.25, 0.3) is 0 Å². The van der Waals surface area contributed by atoms with Crippen LogP contribution in [0, 0.1) is 5.92 Å². The predicted octanol–water partition coefficient (Wildman–Crippen LogP) is 0.833. The molecular formula is C11H16F3NO5S. The fourth-order valence-corrected chi connectivity index (χ4v) is 4.95. The van der Waals surface area contributed by atoms with E-state index < -0.39 is 53.1 Å². The van der Waals surface area contributed by atoms with E-state index in [1.165, 1.54) is 4.31 Å². The Kier molecular flexibility index (Phi) is 4.50. The standard InChI is InChI=1S/C11H16F3NO5S/c12-11(13,14)6-20-3-4-21(18,19)15-7-1-2-9(15)8(5-7)10(16)17/h7-9H,1-6H2,(H,16,17). The maximum absolute atomic E-state index is 12.2. The summed E-state index contributed by atoms with van der Waals surface area (Å²) in [7, 11) is -3.80. The van der Waals surface area contributed by atoms with Gasteiger partial charge in [0.15, 0.2) is 0 Å².